The number of hydrogen-bond donors (Lipinski definition) is 2. The summed E-state index contributed by atoms with van der Waals surface area (Å²) >= 11 is 0. The largest absolute Gasteiger partial charge is 0.374 e. The Balaban J connectivity index is 1.72. The minimum absolute atomic E-state index is 0.233. The maximum absolute atomic E-state index is 12.2. The first-order chi connectivity index (χ1) is 14.7. The van der Waals surface area contributed by atoms with Gasteiger partial charge in [0.05, 0.1) is 6.04 Å². The summed E-state index contributed by atoms with van der Waals surface area (Å²) in [6, 6.07) is 4.88. The highest BCUT2D eigenvalue weighted by Crippen LogP contribution is 2.40. The maximum atomic E-state index is 12.2. The molecule has 2 saturated heterocycles. The SMILES string of the molecule is CCC(C)CCC1(C)CN(c2ccc(C=O)c(C(O)N(C)C3CCC(=O)NC3=O)c2)C1. The third-order valence-electron chi connectivity index (χ3n) is 7.01. The molecule has 2 N–H and O–H groups in total. The summed E-state index contributed by atoms with van der Waals surface area (Å²) in [6.45, 7) is 8.74. The van der Waals surface area contributed by atoms with Crippen LogP contribution in [0.25, 0.3) is 0 Å². The van der Waals surface area contributed by atoms with Crippen molar-refractivity contribution >= 4 is 23.8 Å². The first kappa shape index (κ1) is 23.4. The summed E-state index contributed by atoms with van der Waals surface area (Å²) in [6.07, 6.45) is 3.81. The highest BCUT2D eigenvalue weighted by molar-refractivity contribution is 6.00. The number of hydrogen-bond acceptors (Lipinski definition) is 6. The minimum Gasteiger partial charge on any atom is -0.374 e. The molecule has 3 atom stereocenters. The molecule has 3 rings (SSSR count). The zero-order valence-electron chi connectivity index (χ0n) is 19.1. The van der Waals surface area contributed by atoms with Crippen molar-refractivity contribution in [2.75, 3.05) is 25.0 Å². The number of imide groups is 1. The zero-order valence-corrected chi connectivity index (χ0v) is 19.1. The molecule has 0 aromatic heterocycles. The van der Waals surface area contributed by atoms with E-state index in [2.05, 4.69) is 31.0 Å². The molecule has 7 nitrogen and oxygen atoms in total. The lowest BCUT2D eigenvalue weighted by molar-refractivity contribution is -0.140. The van der Waals surface area contributed by atoms with E-state index >= 15 is 0 Å². The van der Waals surface area contributed by atoms with Crippen molar-refractivity contribution in [3.63, 3.8) is 0 Å². The Bertz CT molecular complexity index is 834. The highest BCUT2D eigenvalue weighted by atomic mass is 16.3. The number of nitrogens with zero attached hydrogens (tertiary/aromatic N) is 2. The molecule has 2 aliphatic rings. The number of carbonyl (C=O) groups excluding carboxylic acids is 3. The average molecular weight is 430 g/mol. The molecule has 0 bridgehead atoms. The number of likely N-dealkylation sites (N-methyl/N-ethyl adjacent to an activating group) is 1. The highest BCUT2D eigenvalue weighted by Gasteiger charge is 2.39. The normalized spacial score (nSPS) is 22.6. The summed E-state index contributed by atoms with van der Waals surface area (Å²) in [5.74, 6) is 0.0256. The molecule has 1 aromatic rings. The summed E-state index contributed by atoms with van der Waals surface area (Å²) in [5, 5.41) is 13.3. The summed E-state index contributed by atoms with van der Waals surface area (Å²) in [7, 11) is 1.64. The van der Waals surface area contributed by atoms with E-state index in [9.17, 15) is 19.5 Å². The molecule has 2 amide bonds. The third kappa shape index (κ3) is 5.15. The van der Waals surface area contributed by atoms with Crippen LogP contribution in [0.4, 0.5) is 5.69 Å². The van der Waals surface area contributed by atoms with Crippen molar-refractivity contribution < 1.29 is 19.5 Å². The Morgan fingerprint density at radius 2 is 2.06 bits per heavy atom. The van der Waals surface area contributed by atoms with E-state index in [4.69, 9.17) is 0 Å². The molecule has 2 fully saturated rings. The summed E-state index contributed by atoms with van der Waals surface area (Å²) in [5.41, 5.74) is 2.13. The molecule has 31 heavy (non-hydrogen) atoms. The van der Waals surface area contributed by atoms with Gasteiger partial charge in [-0.2, -0.15) is 0 Å². The molecule has 1 aromatic carbocycles. The van der Waals surface area contributed by atoms with Crippen LogP contribution in [0.1, 0.15) is 75.0 Å². The second-order valence-electron chi connectivity index (χ2n) is 9.66. The van der Waals surface area contributed by atoms with Crippen molar-refractivity contribution in [1.82, 2.24) is 10.2 Å². The van der Waals surface area contributed by atoms with E-state index in [1.54, 1.807) is 13.1 Å². The van der Waals surface area contributed by atoms with Crippen LogP contribution in [0.15, 0.2) is 18.2 Å². The van der Waals surface area contributed by atoms with Crippen LogP contribution in [0.2, 0.25) is 0 Å². The van der Waals surface area contributed by atoms with Gasteiger partial charge in [-0.25, -0.2) is 0 Å². The van der Waals surface area contributed by atoms with Gasteiger partial charge >= 0.3 is 0 Å². The topological polar surface area (TPSA) is 90.0 Å². The van der Waals surface area contributed by atoms with E-state index < -0.39 is 18.2 Å². The molecule has 7 heteroatoms. The van der Waals surface area contributed by atoms with Crippen molar-refractivity contribution in [3.8, 4) is 0 Å². The van der Waals surface area contributed by atoms with Gasteiger partial charge in [0.1, 0.15) is 12.5 Å². The molecule has 170 valence electrons. The zero-order chi connectivity index (χ0) is 22.8. The number of piperidine rings is 1. The van der Waals surface area contributed by atoms with Crippen LogP contribution >= 0.6 is 0 Å². The second kappa shape index (κ2) is 9.49. The van der Waals surface area contributed by atoms with E-state index in [1.165, 1.54) is 24.2 Å². The minimum atomic E-state index is -1.12. The number of anilines is 1. The average Bonchev–Trinajstić information content (AvgIpc) is 2.74. The van der Waals surface area contributed by atoms with Crippen LogP contribution in [0, 0.1) is 11.3 Å². The molecular formula is C24H35N3O4. The Morgan fingerprint density at radius 1 is 1.35 bits per heavy atom. The van der Waals surface area contributed by atoms with Gasteiger partial charge in [0.2, 0.25) is 11.8 Å². The van der Waals surface area contributed by atoms with E-state index in [1.807, 2.05) is 12.1 Å². The van der Waals surface area contributed by atoms with E-state index in [0.29, 0.717) is 17.5 Å². The summed E-state index contributed by atoms with van der Waals surface area (Å²) in [4.78, 5) is 39.1. The van der Waals surface area contributed by atoms with Crippen LogP contribution in [0.3, 0.4) is 0 Å². The fraction of sp³-hybridized carbons (Fsp3) is 0.625. The number of amides is 2. The van der Waals surface area contributed by atoms with Gasteiger partial charge in [-0.3, -0.25) is 24.6 Å². The predicted octanol–water partition coefficient (Wildman–Crippen LogP) is 2.88. The van der Waals surface area contributed by atoms with Crippen LogP contribution in [0.5, 0.6) is 0 Å². The predicted molar refractivity (Wildman–Crippen MR) is 120 cm³/mol. The summed E-state index contributed by atoms with van der Waals surface area (Å²) < 4.78 is 0. The molecule has 0 saturated carbocycles. The monoisotopic (exact) mass is 429 g/mol. The van der Waals surface area contributed by atoms with Crippen molar-refractivity contribution in [2.24, 2.45) is 11.3 Å². The van der Waals surface area contributed by atoms with Gasteiger partial charge in [-0.05, 0) is 44.0 Å². The number of nitrogens with one attached hydrogen (secondary N) is 1. The smallest absolute Gasteiger partial charge is 0.243 e. The molecular weight excluding hydrogens is 394 g/mol. The quantitative estimate of drug-likeness (QED) is 0.356. The maximum Gasteiger partial charge on any atom is 0.243 e. The van der Waals surface area contributed by atoms with Crippen molar-refractivity contribution in [1.29, 1.82) is 0 Å². The number of benzene rings is 1. The lowest BCUT2D eigenvalue weighted by atomic mass is 9.76. The molecule has 0 radical (unpaired) electrons. The fourth-order valence-corrected chi connectivity index (χ4v) is 4.57. The lowest BCUT2D eigenvalue weighted by Crippen LogP contribution is -2.55. The third-order valence-corrected chi connectivity index (χ3v) is 7.01. The van der Waals surface area contributed by atoms with Crippen molar-refractivity contribution in [3.05, 3.63) is 29.3 Å². The van der Waals surface area contributed by atoms with Gasteiger partial charge in [0.15, 0.2) is 0 Å². The van der Waals surface area contributed by atoms with Gasteiger partial charge < -0.3 is 10.0 Å². The van der Waals surface area contributed by atoms with E-state index in [0.717, 1.165) is 31.0 Å². The molecule has 3 unspecified atom stereocenters. The van der Waals surface area contributed by atoms with Crippen LogP contribution in [-0.4, -0.2) is 54.3 Å². The molecule has 2 aliphatic heterocycles. The van der Waals surface area contributed by atoms with Crippen molar-refractivity contribution in [2.45, 2.75) is 65.1 Å². The number of rotatable bonds is 9. The Kier molecular flexibility index (Phi) is 7.17. The molecule has 2 heterocycles. The van der Waals surface area contributed by atoms with E-state index in [-0.39, 0.29) is 17.7 Å². The van der Waals surface area contributed by atoms with Gasteiger partial charge in [0.25, 0.3) is 0 Å². The molecule has 0 spiro atoms. The van der Waals surface area contributed by atoms with Crippen LogP contribution in [-0.2, 0) is 9.59 Å². The first-order valence-electron chi connectivity index (χ1n) is 11.2. The standard InChI is InChI=1S/C24H35N3O4/c1-5-16(2)10-11-24(3)14-27(15-24)18-7-6-17(13-28)19(12-18)23(31)26(4)20-8-9-21(29)25-22(20)30/h6-7,12-13,16,20,23,31H,5,8-11,14-15H2,1-4H3,(H,25,29,30). The van der Waals surface area contributed by atoms with Crippen LogP contribution < -0.4 is 10.2 Å². The Morgan fingerprint density at radius 3 is 2.68 bits per heavy atom. The second-order valence-corrected chi connectivity index (χ2v) is 9.66. The Labute approximate surface area is 184 Å². The Hall–Kier alpha value is -2.25. The number of carbonyl (C=O) groups is 3. The fourth-order valence-electron chi connectivity index (χ4n) is 4.57. The number of aliphatic hydroxyl groups is 1. The first-order valence-corrected chi connectivity index (χ1v) is 11.2. The van der Waals surface area contributed by atoms with Gasteiger partial charge in [-0.1, -0.05) is 33.6 Å². The van der Waals surface area contributed by atoms with Gasteiger partial charge in [-0.15, -0.1) is 0 Å². The lowest BCUT2D eigenvalue weighted by Gasteiger charge is -2.50. The number of aldehydes is 1. The van der Waals surface area contributed by atoms with Gasteiger partial charge in [0, 0.05) is 41.7 Å². The number of aliphatic hydroxyl groups excluding tert-OH is 1. The molecule has 0 aliphatic carbocycles.